The molecule has 0 bridgehead atoms. The van der Waals surface area contributed by atoms with Gasteiger partial charge in [-0.05, 0) is 47.2 Å². The third-order valence-corrected chi connectivity index (χ3v) is 5.31. The van der Waals surface area contributed by atoms with Gasteiger partial charge in [-0.15, -0.1) is 0 Å². The van der Waals surface area contributed by atoms with Crippen molar-refractivity contribution in [3.05, 3.63) is 47.0 Å². The quantitative estimate of drug-likeness (QED) is 0.757. The molecular weight excluding hydrogens is 258 g/mol. The Kier molecular flexibility index (Phi) is 3.24. The van der Waals surface area contributed by atoms with E-state index in [2.05, 4.69) is 37.4 Å². The number of piperidine rings is 1. The van der Waals surface area contributed by atoms with Crippen LogP contribution in [0.4, 0.5) is 0 Å². The maximum Gasteiger partial charge on any atom is 0.105 e. The molecule has 0 atom stereocenters. The van der Waals surface area contributed by atoms with Crippen LogP contribution in [-0.2, 0) is 24.5 Å². The highest BCUT2D eigenvalue weighted by Gasteiger charge is 2.28. The Balaban J connectivity index is 1.78. The van der Waals surface area contributed by atoms with Gasteiger partial charge in [0.1, 0.15) is 6.54 Å². The van der Waals surface area contributed by atoms with Crippen LogP contribution >= 0.6 is 0 Å². The molecule has 0 saturated carbocycles. The molecule has 0 N–H and O–H groups in total. The third kappa shape index (κ3) is 2.37. The van der Waals surface area contributed by atoms with Crippen LogP contribution in [0.3, 0.4) is 0 Å². The molecule has 0 amide bonds. The van der Waals surface area contributed by atoms with E-state index >= 15 is 0 Å². The summed E-state index contributed by atoms with van der Waals surface area (Å²) >= 11 is 0. The normalized spacial score (nSPS) is 20.6. The summed E-state index contributed by atoms with van der Waals surface area (Å²) in [6.45, 7) is 5.39. The van der Waals surface area contributed by atoms with E-state index in [1.165, 1.54) is 64.3 Å². The van der Waals surface area contributed by atoms with Gasteiger partial charge in [-0.2, -0.15) is 0 Å². The van der Waals surface area contributed by atoms with Crippen LogP contribution < -0.4 is 0 Å². The number of rotatable bonds is 2. The second-order valence-electron chi connectivity index (χ2n) is 6.99. The fourth-order valence-corrected chi connectivity index (χ4v) is 4.11. The van der Waals surface area contributed by atoms with E-state index in [9.17, 15) is 0 Å². The lowest BCUT2D eigenvalue weighted by Crippen LogP contribution is -2.47. The fourth-order valence-electron chi connectivity index (χ4n) is 4.11. The summed E-state index contributed by atoms with van der Waals surface area (Å²) in [4.78, 5) is 0. The van der Waals surface area contributed by atoms with Crippen molar-refractivity contribution in [3.8, 4) is 0 Å². The van der Waals surface area contributed by atoms with Crippen molar-refractivity contribution >= 4 is 10.8 Å². The van der Waals surface area contributed by atoms with Gasteiger partial charge in [-0.1, -0.05) is 24.3 Å². The Morgan fingerprint density at radius 1 is 1.00 bits per heavy atom. The average molecular weight is 282 g/mol. The molecule has 0 radical (unpaired) electrons. The molecule has 2 aromatic rings. The van der Waals surface area contributed by atoms with E-state index in [-0.39, 0.29) is 0 Å². The van der Waals surface area contributed by atoms with Crippen molar-refractivity contribution in [1.82, 2.24) is 0 Å². The van der Waals surface area contributed by atoms with Gasteiger partial charge in [-0.3, -0.25) is 0 Å². The second kappa shape index (κ2) is 5.11. The summed E-state index contributed by atoms with van der Waals surface area (Å²) in [7, 11) is 2.43. The number of ether oxygens (including phenoxy) is 1. The number of quaternary nitrogens is 1. The molecular formula is C19H24NO+. The third-order valence-electron chi connectivity index (χ3n) is 5.31. The molecule has 0 spiro atoms. The Morgan fingerprint density at radius 2 is 1.76 bits per heavy atom. The summed E-state index contributed by atoms with van der Waals surface area (Å²) in [6, 6.07) is 11.2. The van der Waals surface area contributed by atoms with E-state index in [0.29, 0.717) is 0 Å². The van der Waals surface area contributed by atoms with Crippen molar-refractivity contribution in [2.75, 3.05) is 20.1 Å². The summed E-state index contributed by atoms with van der Waals surface area (Å²) in [5.74, 6) is 0. The molecule has 110 valence electrons. The number of fused-ring (bicyclic) bond motifs is 3. The molecule has 2 heteroatoms. The smallest absolute Gasteiger partial charge is 0.105 e. The summed E-state index contributed by atoms with van der Waals surface area (Å²) in [6.07, 6.45) is 4.17. The van der Waals surface area contributed by atoms with Crippen LogP contribution in [0.15, 0.2) is 30.3 Å². The highest BCUT2D eigenvalue weighted by atomic mass is 16.5. The van der Waals surface area contributed by atoms with Crippen molar-refractivity contribution in [1.29, 1.82) is 0 Å². The molecule has 2 aromatic carbocycles. The molecule has 2 nitrogen and oxygen atoms in total. The minimum atomic E-state index is 0.785. The van der Waals surface area contributed by atoms with E-state index < -0.39 is 0 Å². The van der Waals surface area contributed by atoms with E-state index in [1.54, 1.807) is 0 Å². The number of likely N-dealkylation sites (tertiary alicyclic amines) is 1. The largest absolute Gasteiger partial charge is 0.372 e. The lowest BCUT2D eigenvalue weighted by Gasteiger charge is -2.38. The first-order valence-electron chi connectivity index (χ1n) is 8.19. The van der Waals surface area contributed by atoms with Crippen molar-refractivity contribution in [2.45, 2.75) is 39.0 Å². The van der Waals surface area contributed by atoms with Crippen molar-refractivity contribution < 1.29 is 9.22 Å². The molecule has 21 heavy (non-hydrogen) atoms. The molecule has 0 aromatic heterocycles. The SMILES string of the molecule is C[N+]1(Cc2cc3ccccc3c3c2COC3)CCCCC1. The van der Waals surface area contributed by atoms with Gasteiger partial charge in [0, 0.05) is 5.56 Å². The summed E-state index contributed by atoms with van der Waals surface area (Å²) in [5, 5.41) is 2.76. The van der Waals surface area contributed by atoms with Crippen LogP contribution in [0.25, 0.3) is 10.8 Å². The lowest BCUT2D eigenvalue weighted by molar-refractivity contribution is -0.926. The van der Waals surface area contributed by atoms with Crippen molar-refractivity contribution in [2.24, 2.45) is 0 Å². The van der Waals surface area contributed by atoms with Crippen molar-refractivity contribution in [3.63, 3.8) is 0 Å². The van der Waals surface area contributed by atoms with Crippen LogP contribution in [0.5, 0.6) is 0 Å². The molecule has 0 aliphatic carbocycles. The van der Waals surface area contributed by atoms with Gasteiger partial charge < -0.3 is 9.22 Å². The zero-order valence-electron chi connectivity index (χ0n) is 12.9. The van der Waals surface area contributed by atoms with Crippen LogP contribution in [-0.4, -0.2) is 24.6 Å². The number of hydrogen-bond donors (Lipinski definition) is 0. The summed E-state index contributed by atoms with van der Waals surface area (Å²) < 4.78 is 6.98. The zero-order valence-corrected chi connectivity index (χ0v) is 12.9. The predicted octanol–water partition coefficient (Wildman–Crippen LogP) is 4.00. The number of benzene rings is 2. The van der Waals surface area contributed by atoms with Gasteiger partial charge in [0.25, 0.3) is 0 Å². The zero-order chi connectivity index (χ0) is 14.3. The predicted molar refractivity (Wildman–Crippen MR) is 85.9 cm³/mol. The number of nitrogens with zero attached hydrogens (tertiary/aromatic N) is 1. The first-order chi connectivity index (χ1) is 10.3. The molecule has 2 aliphatic rings. The first-order valence-corrected chi connectivity index (χ1v) is 8.19. The number of hydrogen-bond acceptors (Lipinski definition) is 1. The van der Waals surface area contributed by atoms with Gasteiger partial charge >= 0.3 is 0 Å². The van der Waals surface area contributed by atoms with E-state index in [1.807, 2.05) is 0 Å². The average Bonchev–Trinajstić information content (AvgIpc) is 2.98. The van der Waals surface area contributed by atoms with Gasteiger partial charge in [-0.25, -0.2) is 0 Å². The highest BCUT2D eigenvalue weighted by molar-refractivity contribution is 5.88. The van der Waals surface area contributed by atoms with Crippen LogP contribution in [0.2, 0.25) is 0 Å². The minimum absolute atomic E-state index is 0.785. The highest BCUT2D eigenvalue weighted by Crippen LogP contribution is 2.33. The standard InChI is InChI=1S/C19H24NO/c1-20(9-5-2-6-10-20)12-16-11-15-7-3-4-8-17(15)19-14-21-13-18(16)19/h3-4,7-8,11H,2,5-6,9-10,12-14H2,1H3/q+1. The Bertz CT molecular complexity index is 671. The monoisotopic (exact) mass is 282 g/mol. The molecule has 1 fully saturated rings. The van der Waals surface area contributed by atoms with Gasteiger partial charge in [0.05, 0.1) is 33.4 Å². The molecule has 2 heterocycles. The molecule has 1 saturated heterocycles. The molecule has 2 aliphatic heterocycles. The Morgan fingerprint density at radius 3 is 2.62 bits per heavy atom. The fraction of sp³-hybridized carbons (Fsp3) is 0.474. The van der Waals surface area contributed by atoms with E-state index in [0.717, 1.165) is 19.8 Å². The van der Waals surface area contributed by atoms with Gasteiger partial charge in [0.15, 0.2) is 0 Å². The Labute approximate surface area is 126 Å². The minimum Gasteiger partial charge on any atom is -0.372 e. The Hall–Kier alpha value is -1.38. The van der Waals surface area contributed by atoms with E-state index in [4.69, 9.17) is 4.74 Å². The van der Waals surface area contributed by atoms with Gasteiger partial charge in [0.2, 0.25) is 0 Å². The van der Waals surface area contributed by atoms with Crippen LogP contribution in [0.1, 0.15) is 36.0 Å². The topological polar surface area (TPSA) is 9.23 Å². The first kappa shape index (κ1) is 13.3. The second-order valence-corrected chi connectivity index (χ2v) is 6.99. The lowest BCUT2D eigenvalue weighted by atomic mass is 9.94. The summed E-state index contributed by atoms with van der Waals surface area (Å²) in [5.41, 5.74) is 4.43. The maximum absolute atomic E-state index is 5.78. The maximum atomic E-state index is 5.78. The molecule has 4 rings (SSSR count). The molecule has 0 unspecified atom stereocenters. The van der Waals surface area contributed by atoms with Crippen LogP contribution in [0, 0.1) is 0 Å².